The molecule has 8 heteroatoms. The first kappa shape index (κ1) is 19.2. The Morgan fingerprint density at radius 2 is 1.75 bits per heavy atom. The monoisotopic (exact) mass is 383 g/mol. The number of ether oxygens (including phenoxy) is 2. The molecule has 8 nitrogen and oxygen atoms in total. The topological polar surface area (TPSA) is 106 Å². The van der Waals surface area contributed by atoms with Crippen LogP contribution in [0.3, 0.4) is 0 Å². The maximum Gasteiger partial charge on any atom is 0.313 e. The van der Waals surface area contributed by atoms with Crippen LogP contribution < -0.4 is 25.4 Å². The lowest BCUT2D eigenvalue weighted by atomic mass is 10.1. The molecule has 3 N–H and O–H groups in total. The highest BCUT2D eigenvalue weighted by Gasteiger charge is 2.19. The zero-order valence-electron chi connectivity index (χ0n) is 15.6. The van der Waals surface area contributed by atoms with Crippen LogP contribution in [0.5, 0.6) is 11.5 Å². The van der Waals surface area contributed by atoms with Crippen molar-refractivity contribution in [1.82, 2.24) is 10.6 Å². The third-order valence-electron chi connectivity index (χ3n) is 3.94. The van der Waals surface area contributed by atoms with Gasteiger partial charge in [-0.2, -0.15) is 0 Å². The summed E-state index contributed by atoms with van der Waals surface area (Å²) in [6.45, 7) is 3.99. The summed E-state index contributed by atoms with van der Waals surface area (Å²) >= 11 is 0. The van der Waals surface area contributed by atoms with Gasteiger partial charge < -0.3 is 25.4 Å². The summed E-state index contributed by atoms with van der Waals surface area (Å²) in [4.78, 5) is 36.6. The van der Waals surface area contributed by atoms with Crippen molar-refractivity contribution in [2.75, 3.05) is 12.1 Å². The molecule has 0 atom stereocenters. The summed E-state index contributed by atoms with van der Waals surface area (Å²) in [7, 11) is 0. The minimum absolute atomic E-state index is 0.0544. The van der Waals surface area contributed by atoms with Gasteiger partial charge in [0.05, 0.1) is 11.3 Å². The van der Waals surface area contributed by atoms with Gasteiger partial charge in [-0.3, -0.25) is 14.4 Å². The van der Waals surface area contributed by atoms with Crippen LogP contribution in [0.15, 0.2) is 42.5 Å². The Morgan fingerprint density at radius 3 is 2.54 bits per heavy atom. The summed E-state index contributed by atoms with van der Waals surface area (Å²) in [6.07, 6.45) is 0. The van der Waals surface area contributed by atoms with Crippen LogP contribution in [0, 0.1) is 0 Å². The largest absolute Gasteiger partial charge is 0.454 e. The maximum absolute atomic E-state index is 12.2. The molecule has 0 saturated heterocycles. The average Bonchev–Trinajstić information content (AvgIpc) is 3.13. The first-order valence-corrected chi connectivity index (χ1v) is 8.81. The number of carbonyl (C=O) groups is 3. The fraction of sp³-hybridized carbons (Fsp3) is 0.250. The van der Waals surface area contributed by atoms with Gasteiger partial charge in [0.1, 0.15) is 0 Å². The van der Waals surface area contributed by atoms with E-state index in [1.54, 1.807) is 42.5 Å². The second-order valence-electron chi connectivity index (χ2n) is 6.50. The van der Waals surface area contributed by atoms with E-state index in [2.05, 4.69) is 16.0 Å². The number of hydrogen-bond acceptors (Lipinski definition) is 5. The minimum Gasteiger partial charge on any atom is -0.454 e. The van der Waals surface area contributed by atoms with E-state index in [0.29, 0.717) is 11.5 Å². The second-order valence-corrected chi connectivity index (χ2v) is 6.50. The first-order chi connectivity index (χ1) is 13.4. The van der Waals surface area contributed by atoms with E-state index < -0.39 is 11.8 Å². The molecule has 2 aromatic carbocycles. The molecule has 0 bridgehead atoms. The van der Waals surface area contributed by atoms with E-state index >= 15 is 0 Å². The Kier molecular flexibility index (Phi) is 5.78. The normalized spacial score (nSPS) is 11.8. The minimum atomic E-state index is -0.856. The Bertz CT molecular complexity index is 910. The number of carbonyl (C=O) groups excluding carboxylic acids is 3. The van der Waals surface area contributed by atoms with Crippen molar-refractivity contribution in [2.24, 2.45) is 0 Å². The van der Waals surface area contributed by atoms with Crippen LogP contribution in [0.25, 0.3) is 0 Å². The number of hydrogen-bond donors (Lipinski definition) is 3. The highest BCUT2D eigenvalue weighted by Crippen LogP contribution is 2.32. The average molecular weight is 383 g/mol. The quantitative estimate of drug-likeness (QED) is 0.683. The van der Waals surface area contributed by atoms with Gasteiger partial charge in [0.25, 0.3) is 5.91 Å². The number of amides is 3. The zero-order chi connectivity index (χ0) is 20.1. The van der Waals surface area contributed by atoms with E-state index in [-0.39, 0.29) is 36.5 Å². The summed E-state index contributed by atoms with van der Waals surface area (Å²) < 4.78 is 10.5. The number of fused-ring (bicyclic) bond motifs is 1. The standard InChI is InChI=1S/C20H21N3O5/c1-12(2)22-18(24)14-5-3-4-6-15(14)23-20(26)19(25)21-10-13-7-8-16-17(9-13)28-11-27-16/h3-9,12H,10-11H2,1-2H3,(H,21,25)(H,22,24)(H,23,26). The van der Waals surface area contributed by atoms with Crippen molar-refractivity contribution in [2.45, 2.75) is 26.4 Å². The number of anilines is 1. The molecule has 0 radical (unpaired) electrons. The molecule has 146 valence electrons. The van der Waals surface area contributed by atoms with Crippen molar-refractivity contribution >= 4 is 23.4 Å². The molecule has 28 heavy (non-hydrogen) atoms. The van der Waals surface area contributed by atoms with E-state index in [9.17, 15) is 14.4 Å². The van der Waals surface area contributed by atoms with Crippen LogP contribution in [0.1, 0.15) is 29.8 Å². The smallest absolute Gasteiger partial charge is 0.313 e. The van der Waals surface area contributed by atoms with Gasteiger partial charge in [-0.1, -0.05) is 18.2 Å². The molecule has 1 heterocycles. The molecule has 0 fully saturated rings. The molecule has 1 aliphatic rings. The van der Waals surface area contributed by atoms with E-state index in [1.165, 1.54) is 0 Å². The van der Waals surface area contributed by atoms with Crippen LogP contribution >= 0.6 is 0 Å². The Balaban J connectivity index is 1.60. The molecule has 0 aromatic heterocycles. The van der Waals surface area contributed by atoms with Crippen LogP contribution in [0.2, 0.25) is 0 Å². The van der Waals surface area contributed by atoms with E-state index in [1.807, 2.05) is 13.8 Å². The lowest BCUT2D eigenvalue weighted by Crippen LogP contribution is -2.36. The predicted octanol–water partition coefficient (Wildman–Crippen LogP) is 1.81. The molecular formula is C20H21N3O5. The van der Waals surface area contributed by atoms with Gasteiger partial charge in [0.2, 0.25) is 6.79 Å². The fourth-order valence-electron chi connectivity index (χ4n) is 2.62. The molecule has 0 unspecified atom stereocenters. The van der Waals surface area contributed by atoms with Gasteiger partial charge in [-0.15, -0.1) is 0 Å². The Hall–Kier alpha value is -3.55. The molecular weight excluding hydrogens is 362 g/mol. The highest BCUT2D eigenvalue weighted by molar-refractivity contribution is 6.40. The van der Waals surface area contributed by atoms with E-state index in [0.717, 1.165) is 5.56 Å². The summed E-state index contributed by atoms with van der Waals surface area (Å²) in [5.74, 6) is -0.751. The van der Waals surface area contributed by atoms with Gasteiger partial charge in [0.15, 0.2) is 11.5 Å². The van der Waals surface area contributed by atoms with Crippen LogP contribution in [-0.4, -0.2) is 30.6 Å². The SMILES string of the molecule is CC(C)NC(=O)c1ccccc1NC(=O)C(=O)NCc1ccc2c(c1)OCO2. The van der Waals surface area contributed by atoms with Gasteiger partial charge in [-0.25, -0.2) is 0 Å². The summed E-state index contributed by atoms with van der Waals surface area (Å²) in [6, 6.07) is 11.7. The van der Waals surface area contributed by atoms with Crippen molar-refractivity contribution in [1.29, 1.82) is 0 Å². The number of rotatable bonds is 5. The van der Waals surface area contributed by atoms with Crippen LogP contribution in [0.4, 0.5) is 5.69 Å². The summed E-state index contributed by atoms with van der Waals surface area (Å²) in [5.41, 5.74) is 1.32. The maximum atomic E-state index is 12.2. The number of nitrogens with one attached hydrogen (secondary N) is 3. The molecule has 3 amide bonds. The highest BCUT2D eigenvalue weighted by atomic mass is 16.7. The number of para-hydroxylation sites is 1. The lowest BCUT2D eigenvalue weighted by molar-refractivity contribution is -0.136. The van der Waals surface area contributed by atoms with Crippen molar-refractivity contribution in [3.05, 3.63) is 53.6 Å². The van der Waals surface area contributed by atoms with Gasteiger partial charge >= 0.3 is 11.8 Å². The van der Waals surface area contributed by atoms with Crippen molar-refractivity contribution < 1.29 is 23.9 Å². The van der Waals surface area contributed by atoms with Crippen molar-refractivity contribution in [3.63, 3.8) is 0 Å². The second kappa shape index (κ2) is 8.43. The molecule has 3 rings (SSSR count). The molecule has 0 aliphatic carbocycles. The van der Waals surface area contributed by atoms with E-state index in [4.69, 9.17) is 9.47 Å². The van der Waals surface area contributed by atoms with Gasteiger partial charge in [-0.05, 0) is 43.7 Å². The third kappa shape index (κ3) is 4.59. The third-order valence-corrected chi connectivity index (χ3v) is 3.94. The zero-order valence-corrected chi connectivity index (χ0v) is 15.6. The Labute approximate surface area is 162 Å². The summed E-state index contributed by atoms with van der Waals surface area (Å²) in [5, 5.41) is 7.79. The van der Waals surface area contributed by atoms with Crippen molar-refractivity contribution in [3.8, 4) is 11.5 Å². The lowest BCUT2D eigenvalue weighted by Gasteiger charge is -2.13. The first-order valence-electron chi connectivity index (χ1n) is 8.81. The predicted molar refractivity (Wildman–Crippen MR) is 102 cm³/mol. The molecule has 1 aliphatic heterocycles. The van der Waals surface area contributed by atoms with Gasteiger partial charge in [0, 0.05) is 12.6 Å². The Morgan fingerprint density at radius 1 is 1.00 bits per heavy atom. The molecule has 0 spiro atoms. The molecule has 2 aromatic rings. The number of benzene rings is 2. The molecule has 0 saturated carbocycles. The van der Waals surface area contributed by atoms with Crippen LogP contribution in [-0.2, 0) is 16.1 Å². The fourth-order valence-corrected chi connectivity index (χ4v) is 2.62.